The third-order valence-electron chi connectivity index (χ3n) is 2.57. The second-order valence-corrected chi connectivity index (χ2v) is 4.31. The summed E-state index contributed by atoms with van der Waals surface area (Å²) in [6, 6.07) is -0.850. The molecule has 1 atom stereocenters. The number of nitrogens with zero attached hydrogens (tertiary/aromatic N) is 1. The Bertz CT molecular complexity index is 325. The number of hydrogen-bond acceptors (Lipinski definition) is 4. The van der Waals surface area contributed by atoms with Crippen molar-refractivity contribution in [3.05, 3.63) is 0 Å². The van der Waals surface area contributed by atoms with Crippen molar-refractivity contribution in [2.45, 2.75) is 33.2 Å². The fraction of sp³-hybridized carbons (Fsp3) is 0.667. The van der Waals surface area contributed by atoms with Crippen LogP contribution in [0.3, 0.4) is 0 Å². The Kier molecular flexibility index (Phi) is 2.81. The van der Waals surface area contributed by atoms with Gasteiger partial charge >= 0.3 is 0 Å². The van der Waals surface area contributed by atoms with Crippen molar-refractivity contribution >= 4 is 17.7 Å². The number of hydrazine groups is 1. The Labute approximate surface area is 87.8 Å². The van der Waals surface area contributed by atoms with E-state index in [4.69, 9.17) is 5.84 Å². The molecule has 1 heterocycles. The Balaban J connectivity index is 2.93. The lowest BCUT2D eigenvalue weighted by Crippen LogP contribution is -2.50. The van der Waals surface area contributed by atoms with Gasteiger partial charge in [-0.15, -0.1) is 0 Å². The predicted octanol–water partition coefficient (Wildman–Crippen LogP) is -0.850. The number of hydrogen-bond donors (Lipinski definition) is 2. The van der Waals surface area contributed by atoms with Gasteiger partial charge in [-0.3, -0.25) is 24.7 Å². The molecule has 0 aromatic carbocycles. The standard InChI is InChI=1S/C9H15N3O3/c1-5(7(14)11-10)12-6(13)4-9(2,3)8(12)15/h5H,4,10H2,1-3H3,(H,11,14). The molecular weight excluding hydrogens is 198 g/mol. The van der Waals surface area contributed by atoms with Gasteiger partial charge in [-0.1, -0.05) is 13.8 Å². The van der Waals surface area contributed by atoms with Crippen LogP contribution in [0.15, 0.2) is 0 Å². The van der Waals surface area contributed by atoms with Crippen molar-refractivity contribution in [1.82, 2.24) is 10.3 Å². The minimum absolute atomic E-state index is 0.133. The lowest BCUT2D eigenvalue weighted by atomic mass is 9.92. The van der Waals surface area contributed by atoms with Crippen LogP contribution in [0.25, 0.3) is 0 Å². The van der Waals surface area contributed by atoms with E-state index in [0.717, 1.165) is 4.90 Å². The Morgan fingerprint density at radius 3 is 2.40 bits per heavy atom. The first kappa shape index (κ1) is 11.6. The maximum Gasteiger partial charge on any atom is 0.256 e. The number of likely N-dealkylation sites (tertiary alicyclic amines) is 1. The van der Waals surface area contributed by atoms with E-state index in [1.165, 1.54) is 6.92 Å². The van der Waals surface area contributed by atoms with Gasteiger partial charge in [-0.2, -0.15) is 0 Å². The molecule has 0 aromatic rings. The van der Waals surface area contributed by atoms with Crippen molar-refractivity contribution in [2.24, 2.45) is 11.3 Å². The molecule has 6 heteroatoms. The summed E-state index contributed by atoms with van der Waals surface area (Å²) in [5, 5.41) is 0. The van der Waals surface area contributed by atoms with Gasteiger partial charge in [0.25, 0.3) is 5.91 Å². The molecule has 0 bridgehead atoms. The van der Waals surface area contributed by atoms with Crippen LogP contribution in [-0.2, 0) is 14.4 Å². The number of nitrogens with one attached hydrogen (secondary N) is 1. The summed E-state index contributed by atoms with van der Waals surface area (Å²) in [7, 11) is 0. The Hall–Kier alpha value is -1.43. The van der Waals surface area contributed by atoms with Gasteiger partial charge in [0.15, 0.2) is 0 Å². The number of carbonyl (C=O) groups excluding carboxylic acids is 3. The van der Waals surface area contributed by atoms with Crippen LogP contribution in [0.4, 0.5) is 0 Å². The molecule has 1 rings (SSSR count). The first-order chi connectivity index (χ1) is 6.81. The first-order valence-electron chi connectivity index (χ1n) is 4.68. The summed E-state index contributed by atoms with van der Waals surface area (Å²) in [6.45, 7) is 4.83. The van der Waals surface area contributed by atoms with Gasteiger partial charge in [0, 0.05) is 6.42 Å². The normalized spacial score (nSPS) is 21.7. The zero-order valence-corrected chi connectivity index (χ0v) is 9.03. The average Bonchev–Trinajstić information content (AvgIpc) is 2.34. The molecule has 3 N–H and O–H groups in total. The van der Waals surface area contributed by atoms with Gasteiger partial charge in [0.2, 0.25) is 11.8 Å². The summed E-state index contributed by atoms with van der Waals surface area (Å²) in [5.41, 5.74) is 1.20. The summed E-state index contributed by atoms with van der Waals surface area (Å²) < 4.78 is 0. The number of nitrogens with two attached hydrogens (primary N) is 1. The van der Waals surface area contributed by atoms with Crippen molar-refractivity contribution in [2.75, 3.05) is 0 Å². The number of carbonyl (C=O) groups is 3. The summed E-state index contributed by atoms with van der Waals surface area (Å²) in [5.74, 6) is 3.74. The van der Waals surface area contributed by atoms with Crippen molar-refractivity contribution in [3.63, 3.8) is 0 Å². The second kappa shape index (κ2) is 3.62. The minimum atomic E-state index is -0.850. The minimum Gasteiger partial charge on any atom is -0.292 e. The fourth-order valence-electron chi connectivity index (χ4n) is 1.61. The van der Waals surface area contributed by atoms with E-state index in [-0.39, 0.29) is 18.2 Å². The molecule has 0 spiro atoms. The molecule has 1 aliphatic rings. The van der Waals surface area contributed by atoms with Crippen LogP contribution in [-0.4, -0.2) is 28.7 Å². The van der Waals surface area contributed by atoms with E-state index in [9.17, 15) is 14.4 Å². The predicted molar refractivity (Wildman–Crippen MR) is 52.0 cm³/mol. The van der Waals surface area contributed by atoms with E-state index in [0.29, 0.717) is 0 Å². The zero-order chi connectivity index (χ0) is 11.8. The number of imide groups is 1. The molecule has 0 aliphatic carbocycles. The molecule has 1 fully saturated rings. The quantitative estimate of drug-likeness (QED) is 0.270. The van der Waals surface area contributed by atoms with Crippen LogP contribution in [0.2, 0.25) is 0 Å². The second-order valence-electron chi connectivity index (χ2n) is 4.31. The highest BCUT2D eigenvalue weighted by molar-refractivity contribution is 6.08. The van der Waals surface area contributed by atoms with Gasteiger partial charge in [-0.25, -0.2) is 5.84 Å². The molecule has 1 aliphatic heterocycles. The van der Waals surface area contributed by atoms with Crippen LogP contribution < -0.4 is 11.3 Å². The smallest absolute Gasteiger partial charge is 0.256 e. The lowest BCUT2D eigenvalue weighted by molar-refractivity contribution is -0.147. The number of amides is 3. The van der Waals surface area contributed by atoms with Gasteiger partial charge in [0.05, 0.1) is 5.41 Å². The lowest BCUT2D eigenvalue weighted by Gasteiger charge is -2.22. The Morgan fingerprint density at radius 2 is 2.07 bits per heavy atom. The van der Waals surface area contributed by atoms with E-state index in [2.05, 4.69) is 0 Å². The molecule has 0 saturated carbocycles. The molecule has 3 amide bonds. The van der Waals surface area contributed by atoms with Gasteiger partial charge in [0.1, 0.15) is 6.04 Å². The van der Waals surface area contributed by atoms with E-state index in [1.807, 2.05) is 5.43 Å². The van der Waals surface area contributed by atoms with Crippen molar-refractivity contribution < 1.29 is 14.4 Å². The maximum atomic E-state index is 11.8. The monoisotopic (exact) mass is 213 g/mol. The van der Waals surface area contributed by atoms with Crippen LogP contribution in [0.5, 0.6) is 0 Å². The highest BCUT2D eigenvalue weighted by Gasteiger charge is 2.47. The SMILES string of the molecule is CC(C(=O)NN)N1C(=O)CC(C)(C)C1=O. The van der Waals surface area contributed by atoms with E-state index < -0.39 is 17.4 Å². The summed E-state index contributed by atoms with van der Waals surface area (Å²) >= 11 is 0. The van der Waals surface area contributed by atoms with E-state index >= 15 is 0 Å². The molecule has 6 nitrogen and oxygen atoms in total. The van der Waals surface area contributed by atoms with Gasteiger partial charge < -0.3 is 0 Å². The average molecular weight is 213 g/mol. The molecular formula is C9H15N3O3. The number of rotatable bonds is 2. The first-order valence-corrected chi connectivity index (χ1v) is 4.68. The molecule has 0 radical (unpaired) electrons. The van der Waals surface area contributed by atoms with E-state index in [1.54, 1.807) is 13.8 Å². The third-order valence-corrected chi connectivity index (χ3v) is 2.57. The molecule has 15 heavy (non-hydrogen) atoms. The molecule has 0 aromatic heterocycles. The van der Waals surface area contributed by atoms with Gasteiger partial charge in [-0.05, 0) is 6.92 Å². The largest absolute Gasteiger partial charge is 0.292 e. The highest BCUT2D eigenvalue weighted by atomic mass is 16.2. The summed E-state index contributed by atoms with van der Waals surface area (Å²) in [6.07, 6.45) is 0.133. The zero-order valence-electron chi connectivity index (χ0n) is 9.03. The molecule has 84 valence electrons. The van der Waals surface area contributed by atoms with Crippen molar-refractivity contribution in [1.29, 1.82) is 0 Å². The summed E-state index contributed by atoms with van der Waals surface area (Å²) in [4.78, 5) is 35.5. The highest BCUT2D eigenvalue weighted by Crippen LogP contribution is 2.32. The van der Waals surface area contributed by atoms with Crippen LogP contribution in [0, 0.1) is 5.41 Å². The maximum absolute atomic E-state index is 11.8. The van der Waals surface area contributed by atoms with Crippen LogP contribution in [0.1, 0.15) is 27.2 Å². The van der Waals surface area contributed by atoms with Crippen LogP contribution >= 0.6 is 0 Å². The topological polar surface area (TPSA) is 92.5 Å². The Morgan fingerprint density at radius 1 is 1.53 bits per heavy atom. The fourth-order valence-corrected chi connectivity index (χ4v) is 1.61. The molecule has 1 unspecified atom stereocenters. The van der Waals surface area contributed by atoms with Crippen molar-refractivity contribution in [3.8, 4) is 0 Å². The molecule has 1 saturated heterocycles. The third kappa shape index (κ3) is 1.85.